The van der Waals surface area contributed by atoms with Crippen LogP contribution in [-0.2, 0) is 13.0 Å². The quantitative estimate of drug-likeness (QED) is 0.842. The third kappa shape index (κ3) is 3.31. The van der Waals surface area contributed by atoms with Crippen molar-refractivity contribution >= 4 is 0 Å². The molecule has 0 bridgehead atoms. The summed E-state index contributed by atoms with van der Waals surface area (Å²) in [5.74, 6) is 2.57. The molecule has 0 aromatic carbocycles. The van der Waals surface area contributed by atoms with E-state index in [4.69, 9.17) is 0 Å². The molecule has 1 aliphatic rings. The maximum absolute atomic E-state index is 4.44. The first kappa shape index (κ1) is 13.5. The highest BCUT2D eigenvalue weighted by Crippen LogP contribution is 2.28. The molecule has 1 aliphatic carbocycles. The Bertz CT molecular complexity index is 352. The van der Waals surface area contributed by atoms with Crippen molar-refractivity contribution in [2.45, 2.75) is 58.5 Å². The van der Waals surface area contributed by atoms with Gasteiger partial charge in [-0.1, -0.05) is 26.7 Å². The molecule has 1 atom stereocenters. The summed E-state index contributed by atoms with van der Waals surface area (Å²) in [5, 5.41) is 7.83. The third-order valence-electron chi connectivity index (χ3n) is 3.98. The second kappa shape index (κ2) is 6.32. The molecular weight excluding hydrogens is 224 g/mol. The van der Waals surface area contributed by atoms with E-state index in [1.807, 2.05) is 0 Å². The molecule has 4 heteroatoms. The highest BCUT2D eigenvalue weighted by molar-refractivity contribution is 4.93. The van der Waals surface area contributed by atoms with E-state index in [9.17, 15) is 0 Å². The average Bonchev–Trinajstić information content (AvgIpc) is 2.96. The molecule has 0 spiro atoms. The predicted molar refractivity (Wildman–Crippen MR) is 73.4 cm³/mol. The van der Waals surface area contributed by atoms with Crippen LogP contribution in [0.5, 0.6) is 0 Å². The van der Waals surface area contributed by atoms with E-state index in [-0.39, 0.29) is 0 Å². The van der Waals surface area contributed by atoms with Crippen LogP contribution < -0.4 is 5.32 Å². The lowest BCUT2D eigenvalue weighted by Crippen LogP contribution is -2.35. The topological polar surface area (TPSA) is 42.7 Å². The molecule has 1 unspecified atom stereocenters. The normalized spacial score (nSPS) is 18.7. The molecule has 1 aromatic heterocycles. The molecule has 2 rings (SSSR count). The van der Waals surface area contributed by atoms with E-state index in [0.29, 0.717) is 12.0 Å². The van der Waals surface area contributed by atoms with Crippen molar-refractivity contribution in [3.05, 3.63) is 12.2 Å². The Hall–Kier alpha value is -0.900. The van der Waals surface area contributed by atoms with Gasteiger partial charge in [0.15, 0.2) is 0 Å². The van der Waals surface area contributed by atoms with Gasteiger partial charge in [-0.25, -0.2) is 9.67 Å². The molecular formula is C14H26N4. The molecule has 1 N–H and O–H groups in total. The molecule has 1 saturated carbocycles. The predicted octanol–water partition coefficient (Wildman–Crippen LogP) is 2.25. The van der Waals surface area contributed by atoms with Gasteiger partial charge >= 0.3 is 0 Å². The number of aromatic nitrogens is 3. The van der Waals surface area contributed by atoms with Crippen LogP contribution in [0.3, 0.4) is 0 Å². The summed E-state index contributed by atoms with van der Waals surface area (Å²) in [4.78, 5) is 4.44. The molecule has 1 fully saturated rings. The van der Waals surface area contributed by atoms with Gasteiger partial charge in [-0.15, -0.1) is 0 Å². The van der Waals surface area contributed by atoms with E-state index in [1.54, 1.807) is 6.33 Å². The number of likely N-dealkylation sites (N-methyl/N-ethyl adjacent to an activating group) is 1. The Morgan fingerprint density at radius 2 is 2.11 bits per heavy atom. The van der Waals surface area contributed by atoms with Crippen LogP contribution in [0.4, 0.5) is 0 Å². The Balaban J connectivity index is 2.00. The standard InChI is InChI=1S/C14H26N4/c1-11(2)9-18-14(16-10-17-18)8-13(15-3)12-6-4-5-7-12/h10-13,15H,4-9H2,1-3H3. The lowest BCUT2D eigenvalue weighted by atomic mass is 9.95. The average molecular weight is 250 g/mol. The lowest BCUT2D eigenvalue weighted by molar-refractivity contribution is 0.360. The fourth-order valence-corrected chi connectivity index (χ4v) is 3.01. The van der Waals surface area contributed by atoms with Crippen LogP contribution in [0.2, 0.25) is 0 Å². The fourth-order valence-electron chi connectivity index (χ4n) is 3.01. The summed E-state index contributed by atoms with van der Waals surface area (Å²) < 4.78 is 2.07. The van der Waals surface area contributed by atoms with Crippen LogP contribution >= 0.6 is 0 Å². The molecule has 0 radical (unpaired) electrons. The Morgan fingerprint density at radius 1 is 1.39 bits per heavy atom. The summed E-state index contributed by atoms with van der Waals surface area (Å²) in [6.07, 6.45) is 8.21. The minimum absolute atomic E-state index is 0.558. The Kier molecular flexibility index (Phi) is 4.75. The third-order valence-corrected chi connectivity index (χ3v) is 3.98. The summed E-state index contributed by atoms with van der Waals surface area (Å²) in [6, 6.07) is 0.558. The number of nitrogens with one attached hydrogen (secondary N) is 1. The summed E-state index contributed by atoms with van der Waals surface area (Å²) >= 11 is 0. The van der Waals surface area contributed by atoms with Gasteiger partial charge in [0.1, 0.15) is 12.2 Å². The first-order valence-electron chi connectivity index (χ1n) is 7.24. The van der Waals surface area contributed by atoms with E-state index < -0.39 is 0 Å². The second-order valence-corrected chi connectivity index (χ2v) is 5.90. The SMILES string of the molecule is CNC(Cc1ncnn1CC(C)C)C1CCCC1. The van der Waals surface area contributed by atoms with Crippen molar-refractivity contribution < 1.29 is 0 Å². The van der Waals surface area contributed by atoms with Crippen molar-refractivity contribution in [1.29, 1.82) is 0 Å². The fraction of sp³-hybridized carbons (Fsp3) is 0.857. The highest BCUT2D eigenvalue weighted by Gasteiger charge is 2.25. The van der Waals surface area contributed by atoms with Crippen LogP contribution in [0.25, 0.3) is 0 Å². The highest BCUT2D eigenvalue weighted by atomic mass is 15.3. The van der Waals surface area contributed by atoms with E-state index in [0.717, 1.165) is 24.7 Å². The minimum Gasteiger partial charge on any atom is -0.316 e. The van der Waals surface area contributed by atoms with Crippen LogP contribution in [-0.4, -0.2) is 27.9 Å². The Morgan fingerprint density at radius 3 is 2.72 bits per heavy atom. The van der Waals surface area contributed by atoms with Crippen molar-refractivity contribution in [1.82, 2.24) is 20.1 Å². The zero-order valence-electron chi connectivity index (χ0n) is 11.9. The zero-order chi connectivity index (χ0) is 13.0. The van der Waals surface area contributed by atoms with Crippen molar-refractivity contribution in [2.24, 2.45) is 11.8 Å². The maximum atomic E-state index is 4.44. The molecule has 1 aromatic rings. The van der Waals surface area contributed by atoms with Crippen LogP contribution in [0, 0.1) is 11.8 Å². The van der Waals surface area contributed by atoms with Gasteiger partial charge in [0, 0.05) is 19.0 Å². The van der Waals surface area contributed by atoms with E-state index in [1.165, 1.54) is 25.7 Å². The largest absolute Gasteiger partial charge is 0.316 e. The van der Waals surface area contributed by atoms with Gasteiger partial charge in [-0.3, -0.25) is 0 Å². The second-order valence-electron chi connectivity index (χ2n) is 5.90. The van der Waals surface area contributed by atoms with Crippen LogP contribution in [0.1, 0.15) is 45.4 Å². The summed E-state index contributed by atoms with van der Waals surface area (Å²) in [6.45, 7) is 5.41. The van der Waals surface area contributed by atoms with Crippen molar-refractivity contribution in [3.8, 4) is 0 Å². The Labute approximate surface area is 110 Å². The lowest BCUT2D eigenvalue weighted by Gasteiger charge is -2.22. The molecule has 0 saturated heterocycles. The first-order valence-corrected chi connectivity index (χ1v) is 7.24. The van der Waals surface area contributed by atoms with Gasteiger partial charge in [0.25, 0.3) is 0 Å². The number of hydrogen-bond acceptors (Lipinski definition) is 3. The van der Waals surface area contributed by atoms with Crippen molar-refractivity contribution in [3.63, 3.8) is 0 Å². The smallest absolute Gasteiger partial charge is 0.138 e. The number of rotatable bonds is 6. The van der Waals surface area contributed by atoms with Gasteiger partial charge in [0.05, 0.1) is 0 Å². The molecule has 102 valence electrons. The molecule has 4 nitrogen and oxygen atoms in total. The van der Waals surface area contributed by atoms with Gasteiger partial charge < -0.3 is 5.32 Å². The number of hydrogen-bond donors (Lipinski definition) is 1. The number of nitrogens with zero attached hydrogens (tertiary/aromatic N) is 3. The monoisotopic (exact) mass is 250 g/mol. The van der Waals surface area contributed by atoms with E-state index in [2.05, 4.69) is 41.0 Å². The summed E-state index contributed by atoms with van der Waals surface area (Å²) in [5.41, 5.74) is 0. The molecule has 1 heterocycles. The van der Waals surface area contributed by atoms with Crippen molar-refractivity contribution in [2.75, 3.05) is 7.05 Å². The van der Waals surface area contributed by atoms with Gasteiger partial charge in [0.2, 0.25) is 0 Å². The first-order chi connectivity index (χ1) is 8.70. The van der Waals surface area contributed by atoms with E-state index >= 15 is 0 Å². The van der Waals surface area contributed by atoms with Gasteiger partial charge in [-0.2, -0.15) is 5.10 Å². The molecule has 0 aliphatic heterocycles. The summed E-state index contributed by atoms with van der Waals surface area (Å²) in [7, 11) is 2.08. The zero-order valence-corrected chi connectivity index (χ0v) is 11.9. The molecule has 18 heavy (non-hydrogen) atoms. The van der Waals surface area contributed by atoms with Gasteiger partial charge in [-0.05, 0) is 31.7 Å². The molecule has 0 amide bonds. The maximum Gasteiger partial charge on any atom is 0.138 e. The van der Waals surface area contributed by atoms with Crippen LogP contribution in [0.15, 0.2) is 6.33 Å². The minimum atomic E-state index is 0.558.